The molecule has 1 fully saturated rings. The van der Waals surface area contributed by atoms with Crippen molar-refractivity contribution in [3.8, 4) is 5.75 Å². The third-order valence-corrected chi connectivity index (χ3v) is 4.90. The maximum Gasteiger partial charge on any atom is 0.191 e. The van der Waals surface area contributed by atoms with Crippen molar-refractivity contribution in [2.75, 3.05) is 59.6 Å². The topological polar surface area (TPSA) is 58.1 Å². The Labute approximate surface area is 168 Å². The molecule has 0 bridgehead atoms. The molecule has 1 heterocycles. The molecule has 0 amide bonds. The summed E-state index contributed by atoms with van der Waals surface area (Å²) in [5.74, 6) is 1.65. The Morgan fingerprint density at radius 3 is 2.78 bits per heavy atom. The number of guanidine groups is 1. The standard InChI is InChI=1S/C20H33ClN4O2/c1-3-22-20(23-9-4-5-11-25-12-14-27-15-13-25)24-10-8-17-6-7-18(26-2)16-19(17)21/h6-7,16H,3-5,8-15H2,1-2H3,(H2,22,23,24). The minimum atomic E-state index is 0.737. The molecule has 0 radical (unpaired) electrons. The van der Waals surface area contributed by atoms with Crippen LogP contribution >= 0.6 is 11.6 Å². The van der Waals surface area contributed by atoms with Crippen molar-refractivity contribution in [2.24, 2.45) is 4.99 Å². The van der Waals surface area contributed by atoms with Crippen molar-refractivity contribution in [3.63, 3.8) is 0 Å². The van der Waals surface area contributed by atoms with Gasteiger partial charge in [0.25, 0.3) is 0 Å². The molecule has 1 aromatic rings. The SMILES string of the molecule is CCNC(=NCCCCN1CCOCC1)NCCc1ccc(OC)cc1Cl. The van der Waals surface area contributed by atoms with Crippen LogP contribution in [0.15, 0.2) is 23.2 Å². The van der Waals surface area contributed by atoms with Gasteiger partial charge in [-0.05, 0) is 50.4 Å². The fraction of sp³-hybridized carbons (Fsp3) is 0.650. The summed E-state index contributed by atoms with van der Waals surface area (Å²) in [6.45, 7) is 9.53. The van der Waals surface area contributed by atoms with Crippen LogP contribution in [0.1, 0.15) is 25.3 Å². The second-order valence-corrected chi connectivity index (χ2v) is 6.96. The fourth-order valence-electron chi connectivity index (χ4n) is 2.98. The first-order chi connectivity index (χ1) is 13.2. The lowest BCUT2D eigenvalue weighted by molar-refractivity contribution is 0.0373. The number of aliphatic imine (C=N–C) groups is 1. The van der Waals surface area contributed by atoms with Crippen LogP contribution in [0.4, 0.5) is 0 Å². The molecule has 2 N–H and O–H groups in total. The van der Waals surface area contributed by atoms with E-state index in [1.807, 2.05) is 18.2 Å². The van der Waals surface area contributed by atoms with Gasteiger partial charge in [-0.25, -0.2) is 0 Å². The largest absolute Gasteiger partial charge is 0.497 e. The summed E-state index contributed by atoms with van der Waals surface area (Å²) in [6.07, 6.45) is 3.10. The number of morpholine rings is 1. The second-order valence-electron chi connectivity index (χ2n) is 6.56. The lowest BCUT2D eigenvalue weighted by Gasteiger charge is -2.26. The van der Waals surface area contributed by atoms with E-state index >= 15 is 0 Å². The predicted molar refractivity (Wildman–Crippen MR) is 112 cm³/mol. The van der Waals surface area contributed by atoms with Gasteiger partial charge in [-0.1, -0.05) is 17.7 Å². The van der Waals surface area contributed by atoms with Crippen LogP contribution in [0.5, 0.6) is 5.75 Å². The molecule has 152 valence electrons. The molecular formula is C20H33ClN4O2. The Balaban J connectivity index is 1.68. The summed E-state index contributed by atoms with van der Waals surface area (Å²) < 4.78 is 10.6. The van der Waals surface area contributed by atoms with Crippen LogP contribution in [0.2, 0.25) is 5.02 Å². The highest BCUT2D eigenvalue weighted by Crippen LogP contribution is 2.22. The minimum Gasteiger partial charge on any atom is -0.497 e. The number of halogens is 1. The minimum absolute atomic E-state index is 0.737. The van der Waals surface area contributed by atoms with Gasteiger partial charge in [0.15, 0.2) is 5.96 Å². The van der Waals surface area contributed by atoms with Crippen LogP contribution in [-0.2, 0) is 11.2 Å². The van der Waals surface area contributed by atoms with E-state index < -0.39 is 0 Å². The van der Waals surface area contributed by atoms with E-state index in [0.29, 0.717) is 0 Å². The van der Waals surface area contributed by atoms with E-state index in [-0.39, 0.29) is 0 Å². The second kappa shape index (κ2) is 12.8. The number of rotatable bonds is 10. The highest BCUT2D eigenvalue weighted by Gasteiger charge is 2.09. The van der Waals surface area contributed by atoms with E-state index in [4.69, 9.17) is 21.1 Å². The van der Waals surface area contributed by atoms with E-state index in [1.54, 1.807) is 7.11 Å². The number of ether oxygens (including phenoxy) is 2. The molecule has 0 atom stereocenters. The number of nitrogens with one attached hydrogen (secondary N) is 2. The molecule has 6 nitrogen and oxygen atoms in total. The third-order valence-electron chi connectivity index (χ3n) is 4.55. The van der Waals surface area contributed by atoms with Crippen LogP contribution in [0, 0.1) is 0 Å². The normalized spacial score (nSPS) is 15.6. The third kappa shape index (κ3) is 8.37. The molecule has 1 saturated heterocycles. The Morgan fingerprint density at radius 1 is 1.26 bits per heavy atom. The quantitative estimate of drug-likeness (QED) is 0.361. The zero-order valence-corrected chi connectivity index (χ0v) is 17.4. The number of hydrogen-bond acceptors (Lipinski definition) is 4. The van der Waals surface area contributed by atoms with E-state index in [0.717, 1.165) is 87.6 Å². The predicted octanol–water partition coefficient (Wildman–Crippen LogP) is 2.56. The summed E-state index contributed by atoms with van der Waals surface area (Å²) in [7, 11) is 1.65. The highest BCUT2D eigenvalue weighted by molar-refractivity contribution is 6.31. The van der Waals surface area contributed by atoms with Crippen LogP contribution in [-0.4, -0.2) is 70.5 Å². The monoisotopic (exact) mass is 396 g/mol. The van der Waals surface area contributed by atoms with Crippen LogP contribution in [0.3, 0.4) is 0 Å². The zero-order valence-electron chi connectivity index (χ0n) is 16.6. The molecule has 0 aliphatic carbocycles. The summed E-state index contributed by atoms with van der Waals surface area (Å²) in [4.78, 5) is 7.14. The first kappa shape index (κ1) is 21.8. The first-order valence-corrected chi connectivity index (χ1v) is 10.3. The molecule has 0 saturated carbocycles. The van der Waals surface area contributed by atoms with Crippen molar-refractivity contribution < 1.29 is 9.47 Å². The molecule has 1 aliphatic heterocycles. The molecule has 1 aromatic carbocycles. The van der Waals surface area contributed by atoms with Gasteiger partial charge in [0.05, 0.1) is 20.3 Å². The van der Waals surface area contributed by atoms with E-state index in [9.17, 15) is 0 Å². The number of hydrogen-bond donors (Lipinski definition) is 2. The Morgan fingerprint density at radius 2 is 2.07 bits per heavy atom. The number of methoxy groups -OCH3 is 1. The van der Waals surface area contributed by atoms with Crippen molar-refractivity contribution in [3.05, 3.63) is 28.8 Å². The summed E-state index contributed by atoms with van der Waals surface area (Å²) in [5, 5.41) is 7.43. The van der Waals surface area contributed by atoms with Crippen LogP contribution < -0.4 is 15.4 Å². The van der Waals surface area contributed by atoms with E-state index in [1.165, 1.54) is 6.42 Å². The lowest BCUT2D eigenvalue weighted by Crippen LogP contribution is -2.38. The zero-order chi connectivity index (χ0) is 19.3. The van der Waals surface area contributed by atoms with Gasteiger partial charge in [-0.3, -0.25) is 9.89 Å². The van der Waals surface area contributed by atoms with Gasteiger partial charge in [-0.15, -0.1) is 0 Å². The van der Waals surface area contributed by atoms with Crippen molar-refractivity contribution in [1.29, 1.82) is 0 Å². The van der Waals surface area contributed by atoms with Gasteiger partial charge >= 0.3 is 0 Å². The average Bonchev–Trinajstić information content (AvgIpc) is 2.69. The molecule has 7 heteroatoms. The Hall–Kier alpha value is -1.50. The maximum absolute atomic E-state index is 6.30. The molecule has 1 aliphatic rings. The Kier molecular flexibility index (Phi) is 10.3. The van der Waals surface area contributed by atoms with Gasteiger partial charge < -0.3 is 20.1 Å². The molecule has 0 spiro atoms. The lowest BCUT2D eigenvalue weighted by atomic mass is 10.1. The van der Waals surface area contributed by atoms with Gasteiger partial charge in [-0.2, -0.15) is 0 Å². The smallest absolute Gasteiger partial charge is 0.191 e. The molecule has 0 unspecified atom stereocenters. The molecule has 2 rings (SSSR count). The van der Waals surface area contributed by atoms with Crippen LogP contribution in [0.25, 0.3) is 0 Å². The number of unbranched alkanes of at least 4 members (excludes halogenated alkanes) is 1. The van der Waals surface area contributed by atoms with Crippen molar-refractivity contribution >= 4 is 17.6 Å². The maximum atomic E-state index is 6.30. The number of benzene rings is 1. The highest BCUT2D eigenvalue weighted by atomic mass is 35.5. The van der Waals surface area contributed by atoms with Gasteiger partial charge in [0.1, 0.15) is 5.75 Å². The van der Waals surface area contributed by atoms with Crippen molar-refractivity contribution in [1.82, 2.24) is 15.5 Å². The Bertz CT molecular complexity index is 577. The molecule has 27 heavy (non-hydrogen) atoms. The molecule has 0 aromatic heterocycles. The summed E-state index contributed by atoms with van der Waals surface area (Å²) in [6, 6.07) is 5.80. The fourth-order valence-corrected chi connectivity index (χ4v) is 3.24. The first-order valence-electron chi connectivity index (χ1n) is 9.87. The molecular weight excluding hydrogens is 364 g/mol. The van der Waals surface area contributed by atoms with E-state index in [2.05, 4.69) is 27.4 Å². The average molecular weight is 397 g/mol. The summed E-state index contributed by atoms with van der Waals surface area (Å²) in [5.41, 5.74) is 1.10. The van der Waals surface area contributed by atoms with Crippen molar-refractivity contribution in [2.45, 2.75) is 26.2 Å². The summed E-state index contributed by atoms with van der Waals surface area (Å²) >= 11 is 6.30. The van der Waals surface area contributed by atoms with Gasteiger partial charge in [0.2, 0.25) is 0 Å². The number of nitrogens with zero attached hydrogens (tertiary/aromatic N) is 2. The van der Waals surface area contributed by atoms with Gasteiger partial charge in [0, 0.05) is 37.7 Å².